The fourth-order valence-electron chi connectivity index (χ4n) is 0.741. The Morgan fingerprint density at radius 3 is 2.50 bits per heavy atom. The van der Waals surface area contributed by atoms with Gasteiger partial charge in [0, 0.05) is 17.8 Å². The number of carboxylic acid groups (broad SMARTS) is 1. The van der Waals surface area contributed by atoms with Crippen molar-refractivity contribution in [2.75, 3.05) is 0 Å². The molecule has 0 bridgehead atoms. The number of hydrogen-bond acceptors (Lipinski definition) is 3. The number of aliphatic carboxylic acids is 1. The molecule has 12 heavy (non-hydrogen) atoms. The number of nitrogens with zero attached hydrogens (tertiary/aromatic N) is 1. The first kappa shape index (κ1) is 11.2. The molecular formula is C6H10ClNO4. The van der Waals surface area contributed by atoms with E-state index in [1.54, 1.807) is 6.92 Å². The van der Waals surface area contributed by atoms with Crippen LogP contribution in [-0.2, 0) is 4.79 Å². The average molecular weight is 196 g/mol. The second-order valence-corrected chi connectivity index (χ2v) is 2.92. The van der Waals surface area contributed by atoms with Gasteiger partial charge in [-0.05, 0) is 0 Å². The van der Waals surface area contributed by atoms with Gasteiger partial charge in [-0.2, -0.15) is 0 Å². The monoisotopic (exact) mass is 195 g/mol. The van der Waals surface area contributed by atoms with Crippen molar-refractivity contribution in [1.29, 1.82) is 0 Å². The maximum atomic E-state index is 10.2. The summed E-state index contributed by atoms with van der Waals surface area (Å²) in [6.07, 6.45) is 0.171. The van der Waals surface area contributed by atoms with Gasteiger partial charge in [0.05, 0.1) is 0 Å². The third-order valence-electron chi connectivity index (χ3n) is 1.52. The quantitative estimate of drug-likeness (QED) is 0.405. The highest BCUT2D eigenvalue weighted by molar-refractivity contribution is 6.29. The molecule has 0 spiro atoms. The van der Waals surface area contributed by atoms with Crippen LogP contribution in [0.15, 0.2) is 0 Å². The number of rotatable bonds is 5. The van der Waals surface area contributed by atoms with Gasteiger partial charge in [0.2, 0.25) is 6.04 Å². The van der Waals surface area contributed by atoms with Gasteiger partial charge in [-0.3, -0.25) is 14.9 Å². The molecular weight excluding hydrogens is 186 g/mol. The topological polar surface area (TPSA) is 80.4 Å². The zero-order valence-electron chi connectivity index (χ0n) is 6.57. The average Bonchev–Trinajstić information content (AvgIpc) is 1.98. The SMILES string of the molecule is CCC(CC(Cl)C(=O)O)[N+](=O)[O-]. The first-order valence-electron chi connectivity index (χ1n) is 3.49. The van der Waals surface area contributed by atoms with Gasteiger partial charge < -0.3 is 5.11 Å². The second-order valence-electron chi connectivity index (χ2n) is 2.39. The molecule has 0 saturated carbocycles. The minimum Gasteiger partial charge on any atom is -0.480 e. The van der Waals surface area contributed by atoms with Gasteiger partial charge in [-0.25, -0.2) is 0 Å². The molecule has 0 fully saturated rings. The Bertz CT molecular complexity index is 184. The molecule has 0 radical (unpaired) electrons. The van der Waals surface area contributed by atoms with Crippen molar-refractivity contribution in [3.05, 3.63) is 10.1 Å². The van der Waals surface area contributed by atoms with Crippen LogP contribution >= 0.6 is 11.6 Å². The lowest BCUT2D eigenvalue weighted by molar-refractivity contribution is -0.523. The molecule has 0 amide bonds. The Morgan fingerprint density at radius 2 is 2.25 bits per heavy atom. The van der Waals surface area contributed by atoms with Gasteiger partial charge in [-0.15, -0.1) is 11.6 Å². The van der Waals surface area contributed by atoms with Gasteiger partial charge in [0.25, 0.3) is 0 Å². The number of alkyl halides is 1. The van der Waals surface area contributed by atoms with Crippen LogP contribution in [0.4, 0.5) is 0 Å². The molecule has 0 aromatic rings. The van der Waals surface area contributed by atoms with Crippen molar-refractivity contribution in [3.63, 3.8) is 0 Å². The van der Waals surface area contributed by atoms with E-state index in [0.29, 0.717) is 6.42 Å². The van der Waals surface area contributed by atoms with Crippen LogP contribution in [0.25, 0.3) is 0 Å². The molecule has 0 rings (SSSR count). The lowest BCUT2D eigenvalue weighted by Crippen LogP contribution is -2.26. The lowest BCUT2D eigenvalue weighted by atomic mass is 10.1. The highest BCUT2D eigenvalue weighted by Gasteiger charge is 2.25. The summed E-state index contributed by atoms with van der Waals surface area (Å²) in [5.41, 5.74) is 0. The van der Waals surface area contributed by atoms with Crippen molar-refractivity contribution in [2.24, 2.45) is 0 Å². The van der Waals surface area contributed by atoms with Crippen molar-refractivity contribution in [1.82, 2.24) is 0 Å². The molecule has 0 heterocycles. The highest BCUT2D eigenvalue weighted by Crippen LogP contribution is 2.11. The molecule has 70 valence electrons. The van der Waals surface area contributed by atoms with Crippen LogP contribution in [0.2, 0.25) is 0 Å². The van der Waals surface area contributed by atoms with Crippen molar-refractivity contribution >= 4 is 17.6 Å². The van der Waals surface area contributed by atoms with E-state index in [1.165, 1.54) is 0 Å². The van der Waals surface area contributed by atoms with E-state index in [1.807, 2.05) is 0 Å². The van der Waals surface area contributed by atoms with E-state index in [9.17, 15) is 14.9 Å². The second kappa shape index (κ2) is 4.92. The normalized spacial score (nSPS) is 15.2. The Balaban J connectivity index is 4.02. The zero-order valence-corrected chi connectivity index (χ0v) is 7.32. The number of nitro groups is 1. The van der Waals surface area contributed by atoms with Crippen LogP contribution in [0.1, 0.15) is 19.8 Å². The predicted octanol–water partition coefficient (Wildman–Crippen LogP) is 1.12. The molecule has 0 aliphatic heterocycles. The molecule has 2 atom stereocenters. The Labute approximate surface area is 74.5 Å². The third kappa shape index (κ3) is 3.52. The number of carboxylic acids is 1. The standard InChI is InChI=1S/C6H10ClNO4/c1-2-4(8(11)12)3-5(7)6(9)10/h4-5H,2-3H2,1H3,(H,9,10). The summed E-state index contributed by atoms with van der Waals surface area (Å²) >= 11 is 5.33. The zero-order chi connectivity index (χ0) is 9.72. The summed E-state index contributed by atoms with van der Waals surface area (Å²) in [7, 11) is 0. The van der Waals surface area contributed by atoms with Crippen LogP contribution < -0.4 is 0 Å². The molecule has 0 saturated heterocycles. The maximum Gasteiger partial charge on any atom is 0.321 e. The van der Waals surface area contributed by atoms with E-state index in [0.717, 1.165) is 0 Å². The molecule has 0 aliphatic rings. The van der Waals surface area contributed by atoms with Crippen molar-refractivity contribution < 1.29 is 14.8 Å². The van der Waals surface area contributed by atoms with E-state index in [-0.39, 0.29) is 6.42 Å². The summed E-state index contributed by atoms with van der Waals surface area (Å²) in [4.78, 5) is 20.0. The minimum atomic E-state index is -1.21. The number of carbonyl (C=O) groups is 1. The lowest BCUT2D eigenvalue weighted by Gasteiger charge is -2.07. The summed E-state index contributed by atoms with van der Waals surface area (Å²) in [5.74, 6) is -1.21. The summed E-state index contributed by atoms with van der Waals surface area (Å²) in [5, 5.41) is 17.4. The van der Waals surface area contributed by atoms with E-state index in [4.69, 9.17) is 16.7 Å². The van der Waals surface area contributed by atoms with Crippen LogP contribution in [0, 0.1) is 10.1 Å². The largest absolute Gasteiger partial charge is 0.480 e. The maximum absolute atomic E-state index is 10.2. The van der Waals surface area contributed by atoms with Gasteiger partial charge in [0.1, 0.15) is 5.38 Å². The fourth-order valence-corrected chi connectivity index (χ4v) is 0.947. The Hall–Kier alpha value is -0.840. The van der Waals surface area contributed by atoms with Gasteiger partial charge in [0.15, 0.2) is 0 Å². The molecule has 2 unspecified atom stereocenters. The molecule has 5 nitrogen and oxygen atoms in total. The third-order valence-corrected chi connectivity index (χ3v) is 1.88. The number of hydrogen-bond donors (Lipinski definition) is 1. The highest BCUT2D eigenvalue weighted by atomic mass is 35.5. The Kier molecular flexibility index (Phi) is 4.58. The first-order valence-corrected chi connectivity index (χ1v) is 3.93. The minimum absolute atomic E-state index is 0.125. The first-order chi connectivity index (χ1) is 5.49. The molecule has 0 aromatic carbocycles. The Morgan fingerprint density at radius 1 is 1.75 bits per heavy atom. The fraction of sp³-hybridized carbons (Fsp3) is 0.833. The smallest absolute Gasteiger partial charge is 0.321 e. The van der Waals surface area contributed by atoms with Crippen LogP contribution in [0.5, 0.6) is 0 Å². The van der Waals surface area contributed by atoms with Crippen LogP contribution in [-0.4, -0.2) is 27.4 Å². The van der Waals surface area contributed by atoms with E-state index < -0.39 is 22.3 Å². The molecule has 1 N–H and O–H groups in total. The van der Waals surface area contributed by atoms with Gasteiger partial charge in [-0.1, -0.05) is 6.92 Å². The van der Waals surface area contributed by atoms with Crippen LogP contribution in [0.3, 0.4) is 0 Å². The van der Waals surface area contributed by atoms with Crippen molar-refractivity contribution in [2.45, 2.75) is 31.2 Å². The van der Waals surface area contributed by atoms with E-state index in [2.05, 4.69) is 0 Å². The summed E-state index contributed by atoms with van der Waals surface area (Å²) in [6.45, 7) is 1.62. The predicted molar refractivity (Wildman–Crippen MR) is 43.0 cm³/mol. The molecule has 6 heteroatoms. The molecule has 0 aliphatic carbocycles. The van der Waals surface area contributed by atoms with Crippen molar-refractivity contribution in [3.8, 4) is 0 Å². The summed E-state index contributed by atoms with van der Waals surface area (Å²) < 4.78 is 0. The molecule has 0 aromatic heterocycles. The van der Waals surface area contributed by atoms with Gasteiger partial charge >= 0.3 is 5.97 Å². The van der Waals surface area contributed by atoms with E-state index >= 15 is 0 Å². The number of halogens is 1. The summed E-state index contributed by atoms with van der Waals surface area (Å²) in [6, 6.07) is -0.858.